The van der Waals surface area contributed by atoms with Gasteiger partial charge in [-0.15, -0.1) is 0 Å². The molecule has 1 aliphatic heterocycles. The van der Waals surface area contributed by atoms with Gasteiger partial charge in [-0.3, -0.25) is 4.90 Å². The fraction of sp³-hybridized carbons (Fsp3) is 0.667. The van der Waals surface area contributed by atoms with Crippen LogP contribution in [-0.4, -0.2) is 67.7 Å². The molecule has 1 unspecified atom stereocenters. The zero-order chi connectivity index (χ0) is 18.2. The molecule has 1 atom stereocenters. The van der Waals surface area contributed by atoms with Crippen LogP contribution in [0.25, 0.3) is 0 Å². The van der Waals surface area contributed by atoms with Crippen LogP contribution in [0.5, 0.6) is 0 Å². The molecule has 1 heterocycles. The average Bonchev–Trinajstić information content (AvgIpc) is 2.67. The Bertz CT molecular complexity index is 536. The number of piperazine rings is 1. The Morgan fingerprint density at radius 2 is 1.77 bits per heavy atom. The van der Waals surface area contributed by atoms with E-state index in [1.807, 2.05) is 0 Å². The first-order chi connectivity index (χ1) is 12.7. The number of carbonyl (C=O) groups is 1. The third kappa shape index (κ3) is 5.99. The van der Waals surface area contributed by atoms with Crippen molar-refractivity contribution in [2.75, 3.05) is 39.8 Å². The third-order valence-electron chi connectivity index (χ3n) is 5.81. The maximum Gasteiger partial charge on any atom is 0.315 e. The van der Waals surface area contributed by atoms with E-state index in [4.69, 9.17) is 0 Å². The Morgan fingerprint density at radius 1 is 1.08 bits per heavy atom. The number of nitrogens with zero attached hydrogens (tertiary/aromatic N) is 2. The summed E-state index contributed by atoms with van der Waals surface area (Å²) in [6, 6.07) is 11.3. The lowest BCUT2D eigenvalue weighted by atomic mass is 9.96. The standard InChI is InChI=1S/C21H34N4O/c1-24-12-14-25(15-13-24)20(16-18-8-4-2-5-9-18)17-22-21(26)23-19-10-6-3-7-11-19/h2,4-5,8-9,19-20H,3,6-7,10-17H2,1H3,(H2,22,23,26). The van der Waals surface area contributed by atoms with Crippen LogP contribution in [0.4, 0.5) is 4.79 Å². The second-order valence-corrected chi connectivity index (χ2v) is 7.87. The van der Waals surface area contributed by atoms with E-state index in [2.05, 4.69) is 57.8 Å². The first kappa shape index (κ1) is 19.2. The highest BCUT2D eigenvalue weighted by Crippen LogP contribution is 2.17. The number of benzene rings is 1. The predicted octanol–water partition coefficient (Wildman–Crippen LogP) is 2.48. The van der Waals surface area contributed by atoms with Crippen molar-refractivity contribution >= 4 is 6.03 Å². The Hall–Kier alpha value is -1.59. The highest BCUT2D eigenvalue weighted by Gasteiger charge is 2.24. The molecule has 3 rings (SSSR count). The molecule has 0 spiro atoms. The summed E-state index contributed by atoms with van der Waals surface area (Å²) in [5.41, 5.74) is 1.34. The minimum atomic E-state index is 0.00379. The molecule has 1 aromatic carbocycles. The molecule has 2 aliphatic rings. The molecule has 0 radical (unpaired) electrons. The van der Waals surface area contributed by atoms with Crippen molar-refractivity contribution in [2.45, 2.75) is 50.6 Å². The molecule has 2 N–H and O–H groups in total. The van der Waals surface area contributed by atoms with Gasteiger partial charge in [0.1, 0.15) is 0 Å². The lowest BCUT2D eigenvalue weighted by Gasteiger charge is -2.38. The van der Waals surface area contributed by atoms with E-state index in [0.29, 0.717) is 18.6 Å². The van der Waals surface area contributed by atoms with Crippen LogP contribution in [-0.2, 0) is 6.42 Å². The SMILES string of the molecule is CN1CCN(C(CNC(=O)NC2CCCCC2)Cc2ccccc2)CC1. The third-order valence-corrected chi connectivity index (χ3v) is 5.81. The predicted molar refractivity (Wildman–Crippen MR) is 106 cm³/mol. The summed E-state index contributed by atoms with van der Waals surface area (Å²) < 4.78 is 0. The van der Waals surface area contributed by atoms with Gasteiger partial charge in [0.2, 0.25) is 0 Å². The van der Waals surface area contributed by atoms with Crippen molar-refractivity contribution in [3.05, 3.63) is 35.9 Å². The van der Waals surface area contributed by atoms with E-state index in [1.54, 1.807) is 0 Å². The second-order valence-electron chi connectivity index (χ2n) is 7.87. The smallest absolute Gasteiger partial charge is 0.315 e. The van der Waals surface area contributed by atoms with Crippen molar-refractivity contribution in [1.82, 2.24) is 20.4 Å². The van der Waals surface area contributed by atoms with Gasteiger partial charge in [0.25, 0.3) is 0 Å². The maximum absolute atomic E-state index is 12.4. The van der Waals surface area contributed by atoms with Gasteiger partial charge in [0, 0.05) is 44.8 Å². The van der Waals surface area contributed by atoms with Gasteiger partial charge >= 0.3 is 6.03 Å². The van der Waals surface area contributed by atoms with Crippen LogP contribution >= 0.6 is 0 Å². The lowest BCUT2D eigenvalue weighted by Crippen LogP contribution is -2.54. The summed E-state index contributed by atoms with van der Waals surface area (Å²) in [6.07, 6.45) is 7.01. The van der Waals surface area contributed by atoms with E-state index >= 15 is 0 Å². The summed E-state index contributed by atoms with van der Waals surface area (Å²) in [6.45, 7) is 5.04. The maximum atomic E-state index is 12.4. The Labute approximate surface area is 158 Å². The molecule has 1 aliphatic carbocycles. The van der Waals surface area contributed by atoms with E-state index in [1.165, 1.54) is 24.8 Å². The summed E-state index contributed by atoms with van der Waals surface area (Å²) >= 11 is 0. The van der Waals surface area contributed by atoms with Crippen LogP contribution in [0.2, 0.25) is 0 Å². The van der Waals surface area contributed by atoms with Crippen LogP contribution in [0, 0.1) is 0 Å². The number of hydrogen-bond donors (Lipinski definition) is 2. The van der Waals surface area contributed by atoms with Gasteiger partial charge < -0.3 is 15.5 Å². The molecular weight excluding hydrogens is 324 g/mol. The fourth-order valence-corrected chi connectivity index (χ4v) is 4.10. The Kier molecular flexibility index (Phi) is 7.32. The summed E-state index contributed by atoms with van der Waals surface area (Å²) in [5.74, 6) is 0. The van der Waals surface area contributed by atoms with E-state index in [-0.39, 0.29) is 6.03 Å². The zero-order valence-corrected chi connectivity index (χ0v) is 16.1. The molecular formula is C21H34N4O. The largest absolute Gasteiger partial charge is 0.337 e. The van der Waals surface area contributed by atoms with Crippen molar-refractivity contribution in [3.8, 4) is 0 Å². The first-order valence-corrected chi connectivity index (χ1v) is 10.2. The van der Waals surface area contributed by atoms with Crippen LogP contribution in [0.1, 0.15) is 37.7 Å². The number of rotatable bonds is 6. The quantitative estimate of drug-likeness (QED) is 0.821. The highest BCUT2D eigenvalue weighted by atomic mass is 16.2. The van der Waals surface area contributed by atoms with Crippen LogP contribution in [0.15, 0.2) is 30.3 Å². The first-order valence-electron chi connectivity index (χ1n) is 10.2. The Balaban J connectivity index is 1.53. The van der Waals surface area contributed by atoms with Gasteiger partial charge in [-0.1, -0.05) is 49.6 Å². The molecule has 5 heteroatoms. The summed E-state index contributed by atoms with van der Waals surface area (Å²) in [7, 11) is 2.18. The fourth-order valence-electron chi connectivity index (χ4n) is 4.10. The number of carbonyl (C=O) groups excluding carboxylic acids is 1. The van der Waals surface area contributed by atoms with Crippen molar-refractivity contribution in [1.29, 1.82) is 0 Å². The van der Waals surface area contributed by atoms with E-state index in [0.717, 1.165) is 45.4 Å². The van der Waals surface area contributed by atoms with Gasteiger partial charge in [-0.2, -0.15) is 0 Å². The van der Waals surface area contributed by atoms with Gasteiger partial charge in [0.15, 0.2) is 0 Å². The molecule has 0 aromatic heterocycles. The molecule has 26 heavy (non-hydrogen) atoms. The average molecular weight is 359 g/mol. The number of urea groups is 1. The van der Waals surface area contributed by atoms with Gasteiger partial charge in [0.05, 0.1) is 0 Å². The minimum absolute atomic E-state index is 0.00379. The highest BCUT2D eigenvalue weighted by molar-refractivity contribution is 5.74. The lowest BCUT2D eigenvalue weighted by molar-refractivity contribution is 0.110. The monoisotopic (exact) mass is 358 g/mol. The molecule has 5 nitrogen and oxygen atoms in total. The van der Waals surface area contributed by atoms with E-state index < -0.39 is 0 Å². The molecule has 2 amide bonds. The topological polar surface area (TPSA) is 47.6 Å². The minimum Gasteiger partial charge on any atom is -0.337 e. The van der Waals surface area contributed by atoms with E-state index in [9.17, 15) is 4.79 Å². The molecule has 1 saturated heterocycles. The van der Waals surface area contributed by atoms with Crippen molar-refractivity contribution < 1.29 is 4.79 Å². The van der Waals surface area contributed by atoms with Crippen molar-refractivity contribution in [3.63, 3.8) is 0 Å². The molecule has 144 valence electrons. The second kappa shape index (κ2) is 9.93. The molecule has 1 aromatic rings. The molecule has 1 saturated carbocycles. The van der Waals surface area contributed by atoms with Crippen molar-refractivity contribution in [2.24, 2.45) is 0 Å². The number of amides is 2. The Morgan fingerprint density at radius 3 is 2.46 bits per heavy atom. The molecule has 0 bridgehead atoms. The summed E-state index contributed by atoms with van der Waals surface area (Å²) in [5, 5.41) is 6.32. The van der Waals surface area contributed by atoms with Gasteiger partial charge in [-0.05, 0) is 31.9 Å². The number of likely N-dealkylation sites (N-methyl/N-ethyl adjacent to an activating group) is 1. The number of hydrogen-bond acceptors (Lipinski definition) is 3. The summed E-state index contributed by atoms with van der Waals surface area (Å²) in [4.78, 5) is 17.3. The normalized spacial score (nSPS) is 21.3. The number of nitrogens with one attached hydrogen (secondary N) is 2. The van der Waals surface area contributed by atoms with Gasteiger partial charge in [-0.25, -0.2) is 4.79 Å². The van der Waals surface area contributed by atoms with Crippen LogP contribution in [0.3, 0.4) is 0 Å². The molecule has 2 fully saturated rings. The zero-order valence-electron chi connectivity index (χ0n) is 16.1. The van der Waals surface area contributed by atoms with Crippen LogP contribution < -0.4 is 10.6 Å².